The van der Waals surface area contributed by atoms with Crippen molar-refractivity contribution >= 4 is 5.97 Å². The van der Waals surface area contributed by atoms with Crippen molar-refractivity contribution in [2.24, 2.45) is 5.92 Å². The molecule has 1 heterocycles. The third-order valence-corrected chi connectivity index (χ3v) is 6.26. The first-order valence-corrected chi connectivity index (χ1v) is 9.91. The van der Waals surface area contributed by atoms with Gasteiger partial charge in [-0.25, -0.2) is 0 Å². The summed E-state index contributed by atoms with van der Waals surface area (Å²) >= 11 is 0. The average Bonchev–Trinajstić information content (AvgIpc) is 3.34. The van der Waals surface area contributed by atoms with Gasteiger partial charge in [0.25, 0.3) is 0 Å². The largest absolute Gasteiger partial charge is 0.469 e. The second-order valence-corrected chi connectivity index (χ2v) is 7.76. The first-order valence-electron chi connectivity index (χ1n) is 9.91. The number of ether oxygens (including phenoxy) is 3. The number of aryl methyl sites for hydroxylation is 1. The molecule has 3 aromatic carbocycles. The summed E-state index contributed by atoms with van der Waals surface area (Å²) in [5, 5.41) is 12.2. The van der Waals surface area contributed by atoms with E-state index in [2.05, 4.69) is 0 Å². The topological polar surface area (TPSA) is 65.0 Å². The van der Waals surface area contributed by atoms with Gasteiger partial charge in [-0.1, -0.05) is 54.6 Å². The molecule has 2 aliphatic rings. The first kappa shape index (κ1) is 18.7. The lowest BCUT2D eigenvalue weighted by Crippen LogP contribution is -2.40. The number of hydrogen-bond acceptors (Lipinski definition) is 5. The van der Waals surface area contributed by atoms with Crippen LogP contribution in [0.3, 0.4) is 0 Å². The number of hydrogen-bond donors (Lipinski definition) is 1. The third kappa shape index (κ3) is 2.55. The Morgan fingerprint density at radius 1 is 1.00 bits per heavy atom. The van der Waals surface area contributed by atoms with E-state index in [-0.39, 0.29) is 6.79 Å². The molecule has 0 fully saturated rings. The minimum Gasteiger partial charge on any atom is -0.469 e. The van der Waals surface area contributed by atoms with Crippen molar-refractivity contribution in [3.05, 3.63) is 94.5 Å². The summed E-state index contributed by atoms with van der Waals surface area (Å²) in [5.41, 5.74) is 2.59. The van der Waals surface area contributed by atoms with Crippen LogP contribution >= 0.6 is 0 Å². The van der Waals surface area contributed by atoms with Crippen molar-refractivity contribution in [3.8, 4) is 11.5 Å². The highest BCUT2D eigenvalue weighted by Crippen LogP contribution is 2.56. The van der Waals surface area contributed by atoms with Crippen molar-refractivity contribution in [3.63, 3.8) is 0 Å². The van der Waals surface area contributed by atoms with E-state index in [0.717, 1.165) is 22.3 Å². The van der Waals surface area contributed by atoms with Gasteiger partial charge >= 0.3 is 5.97 Å². The van der Waals surface area contributed by atoms with E-state index >= 15 is 0 Å². The molecular formula is C25H22O5. The lowest BCUT2D eigenvalue weighted by molar-refractivity contribution is -0.153. The van der Waals surface area contributed by atoms with E-state index in [4.69, 9.17) is 14.2 Å². The van der Waals surface area contributed by atoms with Gasteiger partial charge in [0, 0.05) is 5.92 Å². The summed E-state index contributed by atoms with van der Waals surface area (Å²) in [6.45, 7) is 2.12. The molecule has 30 heavy (non-hydrogen) atoms. The Bertz CT molecular complexity index is 1140. The van der Waals surface area contributed by atoms with E-state index in [1.807, 2.05) is 73.7 Å². The maximum Gasteiger partial charge on any atom is 0.313 e. The Morgan fingerprint density at radius 3 is 2.47 bits per heavy atom. The second-order valence-electron chi connectivity index (χ2n) is 7.76. The number of rotatable bonds is 3. The van der Waals surface area contributed by atoms with E-state index in [9.17, 15) is 9.90 Å². The summed E-state index contributed by atoms with van der Waals surface area (Å²) in [4.78, 5) is 13.2. The molecule has 5 heteroatoms. The average molecular weight is 402 g/mol. The molecule has 1 aliphatic heterocycles. The molecule has 5 rings (SSSR count). The smallest absolute Gasteiger partial charge is 0.313 e. The highest BCUT2D eigenvalue weighted by atomic mass is 16.7. The van der Waals surface area contributed by atoms with Crippen molar-refractivity contribution < 1.29 is 24.1 Å². The van der Waals surface area contributed by atoms with E-state index < -0.39 is 23.4 Å². The van der Waals surface area contributed by atoms with Crippen LogP contribution in [0.25, 0.3) is 0 Å². The monoisotopic (exact) mass is 402 g/mol. The molecule has 0 spiro atoms. The molecule has 0 saturated heterocycles. The number of carbonyl (C=O) groups excluding carboxylic acids is 1. The van der Waals surface area contributed by atoms with Gasteiger partial charge in [0.05, 0.1) is 7.11 Å². The molecule has 0 amide bonds. The standard InChI is InChI=1S/C25H22O5/c1-15-7-3-5-9-18(15)25(27)19-10-6-4-8-17(19)22(23(25)24(26)28-2)16-11-12-20-21(13-16)30-14-29-20/h3-13,22-23,27H,14H2,1-2H3/t22-,23-,25?/m0/s1. The molecule has 152 valence electrons. The summed E-state index contributed by atoms with van der Waals surface area (Å²) in [7, 11) is 1.36. The predicted molar refractivity (Wildman–Crippen MR) is 111 cm³/mol. The van der Waals surface area contributed by atoms with Crippen LogP contribution in [0.15, 0.2) is 66.7 Å². The molecule has 1 aliphatic carbocycles. The van der Waals surface area contributed by atoms with Gasteiger partial charge in [0.2, 0.25) is 6.79 Å². The summed E-state index contributed by atoms with van der Waals surface area (Å²) in [6.07, 6.45) is 0. The maximum absolute atomic E-state index is 13.2. The molecule has 5 nitrogen and oxygen atoms in total. The van der Waals surface area contributed by atoms with Crippen LogP contribution < -0.4 is 9.47 Å². The first-order chi connectivity index (χ1) is 14.6. The van der Waals surface area contributed by atoms with Crippen LogP contribution in [-0.4, -0.2) is 25.0 Å². The fourth-order valence-corrected chi connectivity index (χ4v) is 4.93. The fraction of sp³-hybridized carbons (Fsp3) is 0.240. The van der Waals surface area contributed by atoms with Crippen LogP contribution in [0.2, 0.25) is 0 Å². The van der Waals surface area contributed by atoms with Crippen LogP contribution in [0.5, 0.6) is 11.5 Å². The van der Waals surface area contributed by atoms with Crippen molar-refractivity contribution in [1.29, 1.82) is 0 Å². The van der Waals surface area contributed by atoms with Gasteiger partial charge in [0.1, 0.15) is 11.5 Å². The van der Waals surface area contributed by atoms with Crippen LogP contribution in [-0.2, 0) is 15.1 Å². The number of carbonyl (C=O) groups is 1. The molecule has 1 unspecified atom stereocenters. The Hall–Kier alpha value is -3.31. The number of aliphatic hydroxyl groups is 1. The van der Waals surface area contributed by atoms with E-state index in [1.54, 1.807) is 0 Å². The van der Waals surface area contributed by atoms with Crippen LogP contribution in [0.1, 0.15) is 33.7 Å². The van der Waals surface area contributed by atoms with Gasteiger partial charge in [-0.15, -0.1) is 0 Å². The van der Waals surface area contributed by atoms with Crippen molar-refractivity contribution in [2.45, 2.75) is 18.4 Å². The third-order valence-electron chi connectivity index (χ3n) is 6.26. The zero-order valence-electron chi connectivity index (χ0n) is 16.8. The maximum atomic E-state index is 13.2. The number of benzene rings is 3. The summed E-state index contributed by atoms with van der Waals surface area (Å²) < 4.78 is 16.2. The van der Waals surface area contributed by atoms with E-state index in [0.29, 0.717) is 17.1 Å². The zero-order valence-corrected chi connectivity index (χ0v) is 16.8. The summed E-state index contributed by atoms with van der Waals surface area (Å²) in [5.74, 6) is -0.387. The molecule has 0 radical (unpaired) electrons. The van der Waals surface area contributed by atoms with Gasteiger partial charge in [-0.3, -0.25) is 4.79 Å². The molecule has 0 saturated carbocycles. The predicted octanol–water partition coefficient (Wildman–Crippen LogP) is 3.89. The lowest BCUT2D eigenvalue weighted by atomic mass is 9.75. The molecule has 0 aromatic heterocycles. The molecular weight excluding hydrogens is 380 g/mol. The number of fused-ring (bicyclic) bond motifs is 2. The Morgan fingerprint density at radius 2 is 1.70 bits per heavy atom. The molecule has 1 N–H and O–H groups in total. The number of methoxy groups -OCH3 is 1. The quantitative estimate of drug-likeness (QED) is 0.674. The SMILES string of the molecule is COC(=O)[C@@H]1[C@@H](c2ccc3c(c2)OCO3)c2ccccc2C1(O)c1ccccc1C. The van der Waals surface area contributed by atoms with Gasteiger partial charge < -0.3 is 19.3 Å². The second kappa shape index (κ2) is 6.89. The Kier molecular flexibility index (Phi) is 4.29. The molecule has 0 bridgehead atoms. The number of esters is 1. The van der Waals surface area contributed by atoms with Gasteiger partial charge in [0.15, 0.2) is 11.5 Å². The summed E-state index contributed by atoms with van der Waals surface area (Å²) in [6, 6.07) is 21.0. The van der Waals surface area contributed by atoms with Gasteiger partial charge in [-0.2, -0.15) is 0 Å². The van der Waals surface area contributed by atoms with E-state index in [1.165, 1.54) is 7.11 Å². The lowest BCUT2D eigenvalue weighted by Gasteiger charge is -2.33. The minimum atomic E-state index is -1.52. The van der Waals surface area contributed by atoms with Gasteiger partial charge in [-0.05, 0) is 46.9 Å². The van der Waals surface area contributed by atoms with Crippen molar-refractivity contribution in [2.75, 3.05) is 13.9 Å². The highest BCUT2D eigenvalue weighted by molar-refractivity contribution is 5.80. The Labute approximate surface area is 174 Å². The highest BCUT2D eigenvalue weighted by Gasteiger charge is 2.57. The minimum absolute atomic E-state index is 0.174. The van der Waals surface area contributed by atoms with Crippen LogP contribution in [0.4, 0.5) is 0 Å². The fourth-order valence-electron chi connectivity index (χ4n) is 4.93. The normalized spacial score (nSPS) is 23.8. The Balaban J connectivity index is 1.77. The zero-order chi connectivity index (χ0) is 20.9. The van der Waals surface area contributed by atoms with Crippen molar-refractivity contribution in [1.82, 2.24) is 0 Å². The molecule has 3 atom stereocenters. The van der Waals surface area contributed by atoms with Crippen LogP contribution in [0, 0.1) is 12.8 Å². The molecule has 3 aromatic rings.